The van der Waals surface area contributed by atoms with Crippen LogP contribution in [0, 0.1) is 18.7 Å². The first-order chi connectivity index (χ1) is 16.2. The minimum atomic E-state index is -3.61. The summed E-state index contributed by atoms with van der Waals surface area (Å²) in [5.41, 5.74) is 1.43. The summed E-state index contributed by atoms with van der Waals surface area (Å²) in [5.74, 6) is -0.725. The molecule has 7 nitrogen and oxygen atoms in total. The number of hydrogen-bond donors (Lipinski definition) is 2. The van der Waals surface area contributed by atoms with Crippen molar-refractivity contribution >= 4 is 39.3 Å². The summed E-state index contributed by atoms with van der Waals surface area (Å²) in [4.78, 5) is 25.9. The van der Waals surface area contributed by atoms with Crippen LogP contribution in [-0.2, 0) is 19.6 Å². The summed E-state index contributed by atoms with van der Waals surface area (Å²) in [6, 6.07) is 11.4. The molecule has 10 heteroatoms. The number of piperidine rings is 1. The van der Waals surface area contributed by atoms with Gasteiger partial charge in [0.25, 0.3) is 0 Å². The van der Waals surface area contributed by atoms with Crippen LogP contribution in [0.4, 0.5) is 10.1 Å². The lowest BCUT2D eigenvalue weighted by molar-refractivity contribution is -0.130. The number of anilines is 1. The zero-order valence-corrected chi connectivity index (χ0v) is 20.9. The Morgan fingerprint density at radius 3 is 2.29 bits per heavy atom. The van der Waals surface area contributed by atoms with Crippen LogP contribution in [0.1, 0.15) is 24.8 Å². The minimum Gasteiger partial charge on any atom is -0.344 e. The molecule has 0 aromatic heterocycles. The van der Waals surface area contributed by atoms with E-state index in [1.807, 2.05) is 13.2 Å². The molecule has 1 saturated heterocycles. The summed E-state index contributed by atoms with van der Waals surface area (Å²) in [6.45, 7) is 2.38. The van der Waals surface area contributed by atoms with Crippen molar-refractivity contribution in [3.8, 4) is 0 Å². The smallest absolute Gasteiger partial charge is 0.246 e. The Morgan fingerprint density at radius 2 is 1.71 bits per heavy atom. The second-order valence-electron chi connectivity index (χ2n) is 8.33. The molecular weight excluding hydrogens is 477 g/mol. The normalized spacial score (nSPS) is 16.1. The van der Waals surface area contributed by atoms with Gasteiger partial charge in [-0.2, -0.15) is 16.1 Å². The van der Waals surface area contributed by atoms with Crippen molar-refractivity contribution in [2.75, 3.05) is 30.4 Å². The van der Waals surface area contributed by atoms with E-state index in [9.17, 15) is 22.4 Å². The van der Waals surface area contributed by atoms with E-state index in [1.54, 1.807) is 36.0 Å². The topological polar surface area (TPSA) is 95.6 Å². The number of aryl methyl sites for hydroxylation is 1. The maximum atomic E-state index is 13.1. The fourth-order valence-corrected chi connectivity index (χ4v) is 5.72. The molecule has 0 saturated carbocycles. The van der Waals surface area contributed by atoms with Crippen LogP contribution in [0.25, 0.3) is 0 Å². The Hall–Kier alpha value is -2.43. The molecule has 0 unspecified atom stereocenters. The fraction of sp³-hybridized carbons (Fsp3) is 0.417. The number of nitrogens with zero attached hydrogens (tertiary/aromatic N) is 1. The van der Waals surface area contributed by atoms with E-state index in [0.717, 1.165) is 5.56 Å². The molecule has 34 heavy (non-hydrogen) atoms. The van der Waals surface area contributed by atoms with Crippen LogP contribution in [0.5, 0.6) is 0 Å². The van der Waals surface area contributed by atoms with E-state index in [0.29, 0.717) is 30.7 Å². The van der Waals surface area contributed by atoms with E-state index >= 15 is 0 Å². The third kappa shape index (κ3) is 6.80. The second-order valence-corrected chi connectivity index (χ2v) is 11.3. The van der Waals surface area contributed by atoms with Crippen molar-refractivity contribution < 1.29 is 22.4 Å². The lowest BCUT2D eigenvalue weighted by atomic mass is 9.96. The summed E-state index contributed by atoms with van der Waals surface area (Å²) in [7, 11) is -3.61. The maximum absolute atomic E-state index is 13.1. The lowest BCUT2D eigenvalue weighted by Gasteiger charge is -2.31. The molecule has 2 amide bonds. The molecule has 184 valence electrons. The van der Waals surface area contributed by atoms with Gasteiger partial charge in [-0.05, 0) is 74.6 Å². The Labute approximate surface area is 204 Å². The Balaban J connectivity index is 1.59. The quantitative estimate of drug-likeness (QED) is 0.542. The molecule has 3 rings (SSSR count). The van der Waals surface area contributed by atoms with Gasteiger partial charge in [0.2, 0.25) is 21.8 Å². The van der Waals surface area contributed by atoms with E-state index < -0.39 is 21.9 Å². The standard InChI is InChI=1S/C24H30FN3O4S2/c1-17-3-9-21(10-4-17)34(31,32)28-14-11-18(12-15-28)23(29)27-22(13-16-33-2)24(30)26-20-7-5-19(25)6-8-20/h3-10,18,22H,11-16H2,1-2H3,(H,26,30)(H,27,29)/t22-/m0/s1. The van der Waals surface area contributed by atoms with Crippen molar-refractivity contribution in [3.05, 3.63) is 59.9 Å². The summed E-state index contributed by atoms with van der Waals surface area (Å²) in [6.07, 6.45) is 3.12. The van der Waals surface area contributed by atoms with Gasteiger partial charge in [-0.15, -0.1) is 0 Å². The van der Waals surface area contributed by atoms with Crippen molar-refractivity contribution in [1.29, 1.82) is 0 Å². The van der Waals surface area contributed by atoms with Crippen LogP contribution in [0.15, 0.2) is 53.4 Å². The van der Waals surface area contributed by atoms with Crippen molar-refractivity contribution in [2.24, 2.45) is 5.92 Å². The van der Waals surface area contributed by atoms with Gasteiger partial charge in [-0.1, -0.05) is 17.7 Å². The number of benzene rings is 2. The third-order valence-electron chi connectivity index (χ3n) is 5.84. The summed E-state index contributed by atoms with van der Waals surface area (Å²) >= 11 is 1.57. The summed E-state index contributed by atoms with van der Waals surface area (Å²) < 4.78 is 40.3. The molecule has 1 aliphatic heterocycles. The Morgan fingerprint density at radius 1 is 1.09 bits per heavy atom. The van der Waals surface area contributed by atoms with Gasteiger partial charge < -0.3 is 10.6 Å². The highest BCUT2D eigenvalue weighted by Crippen LogP contribution is 2.24. The molecular formula is C24H30FN3O4S2. The number of halogens is 1. The molecule has 2 aromatic carbocycles. The van der Waals surface area contributed by atoms with E-state index in [-0.39, 0.29) is 35.7 Å². The molecule has 2 aromatic rings. The first-order valence-electron chi connectivity index (χ1n) is 11.1. The van der Waals surface area contributed by atoms with E-state index in [4.69, 9.17) is 0 Å². The van der Waals surface area contributed by atoms with E-state index in [2.05, 4.69) is 10.6 Å². The van der Waals surface area contributed by atoms with Gasteiger partial charge in [-0.25, -0.2) is 12.8 Å². The van der Waals surface area contributed by atoms with Gasteiger partial charge in [0.15, 0.2) is 0 Å². The molecule has 1 fully saturated rings. The van der Waals surface area contributed by atoms with Crippen LogP contribution in [0.3, 0.4) is 0 Å². The highest BCUT2D eigenvalue weighted by molar-refractivity contribution is 7.98. The van der Waals surface area contributed by atoms with Crippen molar-refractivity contribution in [1.82, 2.24) is 9.62 Å². The predicted molar refractivity (Wildman–Crippen MR) is 133 cm³/mol. The number of rotatable bonds is 9. The predicted octanol–water partition coefficient (Wildman–Crippen LogP) is 3.41. The fourth-order valence-electron chi connectivity index (χ4n) is 3.77. The molecule has 0 aliphatic carbocycles. The number of nitrogens with one attached hydrogen (secondary N) is 2. The number of amides is 2. The molecule has 0 bridgehead atoms. The largest absolute Gasteiger partial charge is 0.344 e. The van der Waals surface area contributed by atoms with Crippen molar-refractivity contribution in [3.63, 3.8) is 0 Å². The average Bonchev–Trinajstić information content (AvgIpc) is 2.83. The Bertz CT molecular complexity index is 1080. The number of thioether (sulfide) groups is 1. The van der Waals surface area contributed by atoms with Gasteiger partial charge in [0, 0.05) is 24.7 Å². The average molecular weight is 508 g/mol. The van der Waals surface area contributed by atoms with Crippen molar-refractivity contribution in [2.45, 2.75) is 37.1 Å². The first kappa shape index (κ1) is 26.2. The van der Waals surface area contributed by atoms with Crippen LogP contribution in [0.2, 0.25) is 0 Å². The van der Waals surface area contributed by atoms with Gasteiger partial charge in [-0.3, -0.25) is 9.59 Å². The molecule has 2 N–H and O–H groups in total. The zero-order chi connectivity index (χ0) is 24.7. The number of hydrogen-bond acceptors (Lipinski definition) is 5. The molecule has 1 heterocycles. The highest BCUT2D eigenvalue weighted by Gasteiger charge is 2.33. The number of sulfonamides is 1. The monoisotopic (exact) mass is 507 g/mol. The van der Waals surface area contributed by atoms with Crippen LogP contribution in [-0.4, -0.2) is 55.7 Å². The zero-order valence-electron chi connectivity index (χ0n) is 19.3. The van der Waals surface area contributed by atoms with Gasteiger partial charge in [0.1, 0.15) is 11.9 Å². The first-order valence-corrected chi connectivity index (χ1v) is 14.0. The second kappa shape index (κ2) is 11.8. The molecule has 0 spiro atoms. The van der Waals surface area contributed by atoms with E-state index in [1.165, 1.54) is 28.6 Å². The lowest BCUT2D eigenvalue weighted by Crippen LogP contribution is -2.49. The van der Waals surface area contributed by atoms with Gasteiger partial charge in [0.05, 0.1) is 4.90 Å². The molecule has 1 aliphatic rings. The number of carbonyl (C=O) groups is 2. The van der Waals surface area contributed by atoms with Crippen LogP contribution < -0.4 is 10.6 Å². The number of carbonyl (C=O) groups excluding carboxylic acids is 2. The summed E-state index contributed by atoms with van der Waals surface area (Å²) in [5, 5.41) is 5.56. The molecule has 1 atom stereocenters. The highest BCUT2D eigenvalue weighted by atomic mass is 32.2. The minimum absolute atomic E-state index is 0.242. The molecule has 0 radical (unpaired) electrons. The maximum Gasteiger partial charge on any atom is 0.246 e. The Kier molecular flexibility index (Phi) is 9.10. The van der Waals surface area contributed by atoms with Gasteiger partial charge >= 0.3 is 0 Å². The van der Waals surface area contributed by atoms with Crippen LogP contribution >= 0.6 is 11.8 Å². The third-order valence-corrected chi connectivity index (χ3v) is 8.40. The SMILES string of the molecule is CSCC[C@H](NC(=O)C1CCN(S(=O)(=O)c2ccc(C)cc2)CC1)C(=O)Nc1ccc(F)cc1.